The molecule has 0 radical (unpaired) electrons. The lowest BCUT2D eigenvalue weighted by Crippen LogP contribution is -2.25. The average Bonchev–Trinajstić information content (AvgIpc) is 3.24. The van der Waals surface area contributed by atoms with Crippen LogP contribution >= 0.6 is 0 Å². The van der Waals surface area contributed by atoms with Crippen LogP contribution in [0.15, 0.2) is 72.8 Å². The number of nitrogens with one attached hydrogen (secondary N) is 1. The number of halogens is 4. The van der Waals surface area contributed by atoms with Gasteiger partial charge in [-0.05, 0) is 79.1 Å². The molecule has 0 atom stereocenters. The minimum atomic E-state index is -4.47. The van der Waals surface area contributed by atoms with Crippen molar-refractivity contribution in [1.29, 1.82) is 0 Å². The molecule has 1 aromatic heterocycles. The highest BCUT2D eigenvalue weighted by Gasteiger charge is 2.30. The van der Waals surface area contributed by atoms with Crippen LogP contribution in [0.4, 0.5) is 17.6 Å². The van der Waals surface area contributed by atoms with Crippen LogP contribution < -0.4 is 5.32 Å². The van der Waals surface area contributed by atoms with Crippen LogP contribution in [0.3, 0.4) is 0 Å². The monoisotopic (exact) mass is 467 g/mol. The minimum Gasteiger partial charge on any atom is -0.347 e. The molecule has 0 fully saturated rings. The first kappa shape index (κ1) is 23.2. The number of rotatable bonds is 5. The summed E-state index contributed by atoms with van der Waals surface area (Å²) in [7, 11) is 0. The third-order valence-electron chi connectivity index (χ3n) is 5.38. The molecule has 4 nitrogen and oxygen atoms in total. The second kappa shape index (κ2) is 9.13. The lowest BCUT2D eigenvalue weighted by molar-refractivity contribution is -0.137. The van der Waals surface area contributed by atoms with E-state index in [0.717, 1.165) is 23.3 Å². The van der Waals surface area contributed by atoms with Gasteiger partial charge in [0.15, 0.2) is 0 Å². The molecule has 4 rings (SSSR count). The number of hydrogen-bond donors (Lipinski definition) is 1. The Labute approximate surface area is 193 Å². The van der Waals surface area contributed by atoms with Crippen molar-refractivity contribution in [2.75, 3.05) is 0 Å². The number of aromatic nitrogens is 2. The van der Waals surface area contributed by atoms with Crippen molar-refractivity contribution >= 4 is 5.91 Å². The van der Waals surface area contributed by atoms with Crippen LogP contribution in [-0.2, 0) is 12.7 Å². The van der Waals surface area contributed by atoms with E-state index in [4.69, 9.17) is 0 Å². The van der Waals surface area contributed by atoms with Gasteiger partial charge in [0.2, 0.25) is 0 Å². The molecular formula is C26H21F4N3O. The highest BCUT2D eigenvalue weighted by molar-refractivity contribution is 5.94. The molecule has 0 saturated carbocycles. The van der Waals surface area contributed by atoms with Gasteiger partial charge < -0.3 is 5.32 Å². The Morgan fingerprint density at radius 2 is 1.71 bits per heavy atom. The zero-order valence-corrected chi connectivity index (χ0v) is 18.4. The van der Waals surface area contributed by atoms with Crippen LogP contribution in [-0.4, -0.2) is 15.7 Å². The maximum atomic E-state index is 13.4. The first-order valence-corrected chi connectivity index (χ1v) is 10.5. The van der Waals surface area contributed by atoms with E-state index in [1.165, 1.54) is 28.9 Å². The smallest absolute Gasteiger partial charge is 0.347 e. The highest BCUT2D eigenvalue weighted by Crippen LogP contribution is 2.29. The van der Waals surface area contributed by atoms with Gasteiger partial charge >= 0.3 is 6.18 Å². The molecule has 174 valence electrons. The number of hydrogen-bond acceptors (Lipinski definition) is 2. The number of amides is 1. The summed E-state index contributed by atoms with van der Waals surface area (Å²) < 4.78 is 53.9. The lowest BCUT2D eigenvalue weighted by atomic mass is 10.1. The van der Waals surface area contributed by atoms with Crippen molar-refractivity contribution in [1.82, 2.24) is 15.1 Å². The molecule has 0 bridgehead atoms. The van der Waals surface area contributed by atoms with Crippen LogP contribution in [0.25, 0.3) is 16.9 Å². The van der Waals surface area contributed by atoms with Gasteiger partial charge in [0.1, 0.15) is 11.5 Å². The van der Waals surface area contributed by atoms with E-state index in [1.807, 2.05) is 32.0 Å². The molecule has 0 spiro atoms. The van der Waals surface area contributed by atoms with Gasteiger partial charge in [-0.2, -0.15) is 18.3 Å². The molecule has 1 N–H and O–H groups in total. The lowest BCUT2D eigenvalue weighted by Gasteiger charge is -2.12. The summed E-state index contributed by atoms with van der Waals surface area (Å²) in [6.07, 6.45) is -4.47. The van der Waals surface area contributed by atoms with Gasteiger partial charge in [-0.3, -0.25) is 4.79 Å². The summed E-state index contributed by atoms with van der Waals surface area (Å²) in [4.78, 5) is 13.1. The summed E-state index contributed by atoms with van der Waals surface area (Å²) in [6.45, 7) is 3.71. The fourth-order valence-corrected chi connectivity index (χ4v) is 3.57. The molecule has 0 aliphatic heterocycles. The molecular weight excluding hydrogens is 446 g/mol. The second-order valence-electron chi connectivity index (χ2n) is 8.00. The Kier molecular flexibility index (Phi) is 6.24. The number of alkyl halides is 3. The Bertz CT molecular complexity index is 1340. The molecule has 1 heterocycles. The minimum absolute atomic E-state index is 0.0907. The second-order valence-corrected chi connectivity index (χ2v) is 8.00. The third-order valence-corrected chi connectivity index (χ3v) is 5.38. The van der Waals surface area contributed by atoms with Gasteiger partial charge in [0.25, 0.3) is 5.91 Å². The van der Waals surface area contributed by atoms with Crippen LogP contribution in [0.1, 0.15) is 32.7 Å². The number of nitrogens with zero attached hydrogens (tertiary/aromatic N) is 2. The summed E-state index contributed by atoms with van der Waals surface area (Å²) in [5.74, 6) is -0.893. The fraction of sp³-hybridized carbons (Fsp3) is 0.154. The standard InChI is InChI=1S/C26H21F4N3O/c1-16-6-7-17(2)23(12-16)33-24(14-22(32-33)19-8-10-21(27)11-9-19)25(34)31-15-18-4-3-5-20(13-18)26(28,29)30/h3-14H,15H2,1-2H3,(H,31,34). The highest BCUT2D eigenvalue weighted by atomic mass is 19.4. The van der Waals surface area contributed by atoms with Gasteiger partial charge in [0, 0.05) is 12.1 Å². The van der Waals surface area contributed by atoms with E-state index in [-0.39, 0.29) is 12.2 Å². The first-order chi connectivity index (χ1) is 16.1. The SMILES string of the molecule is Cc1ccc(C)c(-n2nc(-c3ccc(F)cc3)cc2C(=O)NCc2cccc(C(F)(F)F)c2)c1. The maximum Gasteiger partial charge on any atom is 0.416 e. The topological polar surface area (TPSA) is 46.9 Å². The van der Waals surface area contributed by atoms with E-state index < -0.39 is 23.5 Å². The predicted octanol–water partition coefficient (Wildman–Crippen LogP) is 6.24. The Morgan fingerprint density at radius 3 is 2.41 bits per heavy atom. The summed E-state index contributed by atoms with van der Waals surface area (Å²) in [5, 5.41) is 7.27. The molecule has 0 saturated heterocycles. The van der Waals surface area contributed by atoms with E-state index in [0.29, 0.717) is 22.5 Å². The summed E-state index contributed by atoms with van der Waals surface area (Å²) in [5.41, 5.74) is 3.37. The van der Waals surface area contributed by atoms with Crippen molar-refractivity contribution in [2.45, 2.75) is 26.6 Å². The third kappa shape index (κ3) is 5.01. The van der Waals surface area contributed by atoms with Crippen LogP contribution in [0, 0.1) is 19.7 Å². The van der Waals surface area contributed by atoms with E-state index in [9.17, 15) is 22.4 Å². The van der Waals surface area contributed by atoms with Gasteiger partial charge in [-0.1, -0.05) is 24.3 Å². The van der Waals surface area contributed by atoms with Gasteiger partial charge in [-0.15, -0.1) is 0 Å². The fourth-order valence-electron chi connectivity index (χ4n) is 3.57. The van der Waals surface area contributed by atoms with Crippen molar-refractivity contribution in [3.05, 3.63) is 107 Å². The van der Waals surface area contributed by atoms with Crippen LogP contribution in [0.5, 0.6) is 0 Å². The number of carbonyl (C=O) groups is 1. The predicted molar refractivity (Wildman–Crippen MR) is 121 cm³/mol. The zero-order valence-electron chi connectivity index (χ0n) is 18.4. The Hall–Kier alpha value is -3.94. The van der Waals surface area contributed by atoms with Gasteiger partial charge in [-0.25, -0.2) is 9.07 Å². The van der Waals surface area contributed by atoms with Crippen molar-refractivity contribution in [3.63, 3.8) is 0 Å². The molecule has 0 aliphatic carbocycles. The largest absolute Gasteiger partial charge is 0.416 e. The van der Waals surface area contributed by atoms with Crippen molar-refractivity contribution in [3.8, 4) is 16.9 Å². The normalized spacial score (nSPS) is 11.5. The maximum absolute atomic E-state index is 13.4. The number of aryl methyl sites for hydroxylation is 2. The van der Waals surface area contributed by atoms with E-state index in [2.05, 4.69) is 10.4 Å². The molecule has 4 aromatic rings. The first-order valence-electron chi connectivity index (χ1n) is 10.5. The molecule has 3 aromatic carbocycles. The average molecular weight is 467 g/mol. The van der Waals surface area contributed by atoms with Crippen molar-refractivity contribution in [2.24, 2.45) is 0 Å². The van der Waals surface area contributed by atoms with Gasteiger partial charge in [0.05, 0.1) is 16.9 Å². The molecule has 1 amide bonds. The summed E-state index contributed by atoms with van der Waals surface area (Å²) in [6, 6.07) is 17.9. The number of benzene rings is 3. The zero-order chi connectivity index (χ0) is 24.5. The van der Waals surface area contributed by atoms with Crippen molar-refractivity contribution < 1.29 is 22.4 Å². The number of carbonyl (C=O) groups excluding carboxylic acids is 1. The molecule has 34 heavy (non-hydrogen) atoms. The molecule has 0 unspecified atom stereocenters. The molecule has 8 heteroatoms. The van der Waals surface area contributed by atoms with Crippen LogP contribution in [0.2, 0.25) is 0 Å². The quantitative estimate of drug-likeness (QED) is 0.353. The summed E-state index contributed by atoms with van der Waals surface area (Å²) >= 11 is 0. The van der Waals surface area contributed by atoms with E-state index in [1.54, 1.807) is 18.2 Å². The Balaban J connectivity index is 1.69. The van der Waals surface area contributed by atoms with E-state index >= 15 is 0 Å². The Morgan fingerprint density at radius 1 is 0.971 bits per heavy atom. The molecule has 0 aliphatic rings.